The fourth-order valence-electron chi connectivity index (χ4n) is 3.39. The molecule has 21 heavy (non-hydrogen) atoms. The summed E-state index contributed by atoms with van der Waals surface area (Å²) in [4.78, 5) is 11.5. The van der Waals surface area contributed by atoms with Gasteiger partial charge >= 0.3 is 12.2 Å². The lowest BCUT2D eigenvalue weighted by atomic mass is 9.63. The van der Waals surface area contributed by atoms with Crippen LogP contribution in [-0.2, 0) is 9.47 Å². The summed E-state index contributed by atoms with van der Waals surface area (Å²) in [7, 11) is 0.855. The molecule has 0 radical (unpaired) electrons. The first-order valence-electron chi connectivity index (χ1n) is 7.06. The minimum absolute atomic E-state index is 0.0781. The van der Waals surface area contributed by atoms with Crippen molar-refractivity contribution in [1.29, 1.82) is 0 Å². The van der Waals surface area contributed by atoms with Gasteiger partial charge in [-0.05, 0) is 30.1 Å². The van der Waals surface area contributed by atoms with E-state index in [1.807, 2.05) is 6.92 Å². The van der Waals surface area contributed by atoms with Crippen LogP contribution < -0.4 is 11.1 Å². The van der Waals surface area contributed by atoms with Gasteiger partial charge in [-0.1, -0.05) is 20.8 Å². The van der Waals surface area contributed by atoms with Crippen molar-refractivity contribution in [2.24, 2.45) is 16.6 Å². The number of nitrogens with two attached hydrogens (primary N) is 1. The van der Waals surface area contributed by atoms with Crippen molar-refractivity contribution >= 4 is 6.09 Å². The third-order valence-corrected chi connectivity index (χ3v) is 3.80. The zero-order chi connectivity index (χ0) is 16.3. The average molecular weight is 308 g/mol. The standard InChI is InChI=1S/C14H26F2N2O3/c1-12(2)5-10(17)6-13(3,7-12)8-18-11(19)21-9-14(15,16)20-4/h10H,5-9,17H2,1-4H3,(H,18,19). The zero-order valence-electron chi connectivity index (χ0n) is 13.2. The Morgan fingerprint density at radius 3 is 2.52 bits per heavy atom. The second kappa shape index (κ2) is 6.44. The van der Waals surface area contributed by atoms with Crippen molar-refractivity contribution in [3.05, 3.63) is 0 Å². The van der Waals surface area contributed by atoms with Crippen LogP contribution >= 0.6 is 0 Å². The molecule has 7 heteroatoms. The topological polar surface area (TPSA) is 73.6 Å². The van der Waals surface area contributed by atoms with Gasteiger partial charge in [0.2, 0.25) is 0 Å². The first-order valence-corrected chi connectivity index (χ1v) is 7.06. The molecule has 2 atom stereocenters. The molecule has 1 amide bonds. The predicted molar refractivity (Wildman–Crippen MR) is 75.0 cm³/mol. The first kappa shape index (κ1) is 18.1. The largest absolute Gasteiger partial charge is 0.440 e. The molecule has 0 aromatic heterocycles. The van der Waals surface area contributed by atoms with E-state index in [4.69, 9.17) is 5.73 Å². The summed E-state index contributed by atoms with van der Waals surface area (Å²) >= 11 is 0. The van der Waals surface area contributed by atoms with E-state index in [1.54, 1.807) is 0 Å². The van der Waals surface area contributed by atoms with Gasteiger partial charge in [0.05, 0.1) is 0 Å². The van der Waals surface area contributed by atoms with E-state index in [1.165, 1.54) is 0 Å². The molecule has 0 bridgehead atoms. The highest BCUT2D eigenvalue weighted by Gasteiger charge is 2.40. The monoisotopic (exact) mass is 308 g/mol. The molecule has 1 saturated carbocycles. The lowest BCUT2D eigenvalue weighted by Crippen LogP contribution is -2.47. The highest BCUT2D eigenvalue weighted by atomic mass is 19.3. The molecule has 5 nitrogen and oxygen atoms in total. The quantitative estimate of drug-likeness (QED) is 0.818. The Kier molecular flexibility index (Phi) is 5.55. The summed E-state index contributed by atoms with van der Waals surface area (Å²) in [6.45, 7) is 5.57. The van der Waals surface area contributed by atoms with E-state index in [-0.39, 0.29) is 16.9 Å². The smallest absolute Gasteiger partial charge is 0.407 e. The number of nitrogens with one attached hydrogen (secondary N) is 1. The Bertz CT molecular complexity index is 377. The molecular weight excluding hydrogens is 282 g/mol. The van der Waals surface area contributed by atoms with E-state index in [0.29, 0.717) is 6.54 Å². The van der Waals surface area contributed by atoms with E-state index in [2.05, 4.69) is 28.6 Å². The molecular formula is C14H26F2N2O3. The number of hydrogen-bond acceptors (Lipinski definition) is 4. The Hall–Kier alpha value is -0.950. The Morgan fingerprint density at radius 2 is 2.00 bits per heavy atom. The third-order valence-electron chi connectivity index (χ3n) is 3.80. The predicted octanol–water partition coefficient (Wildman–Crippen LogP) is 2.50. The highest BCUT2D eigenvalue weighted by molar-refractivity contribution is 5.67. The maximum atomic E-state index is 12.8. The summed E-state index contributed by atoms with van der Waals surface area (Å²) in [6, 6.07) is 0.0781. The first-order chi connectivity index (χ1) is 9.47. The van der Waals surface area contributed by atoms with Crippen LogP contribution in [0.5, 0.6) is 0 Å². The number of halogens is 2. The van der Waals surface area contributed by atoms with Gasteiger partial charge in [0, 0.05) is 19.7 Å². The van der Waals surface area contributed by atoms with Gasteiger partial charge in [0.15, 0.2) is 6.61 Å². The van der Waals surface area contributed by atoms with E-state index < -0.39 is 18.8 Å². The third kappa shape index (κ3) is 6.13. The van der Waals surface area contributed by atoms with Crippen LogP contribution in [0, 0.1) is 10.8 Å². The molecule has 2 unspecified atom stereocenters. The minimum atomic E-state index is -3.46. The molecule has 1 aliphatic rings. The van der Waals surface area contributed by atoms with Crippen LogP contribution in [0.25, 0.3) is 0 Å². The fraction of sp³-hybridized carbons (Fsp3) is 0.929. The number of rotatable bonds is 5. The maximum Gasteiger partial charge on any atom is 0.407 e. The van der Waals surface area contributed by atoms with Gasteiger partial charge < -0.3 is 20.5 Å². The number of ether oxygens (including phenoxy) is 2. The molecule has 1 fully saturated rings. The van der Waals surface area contributed by atoms with E-state index in [9.17, 15) is 13.6 Å². The number of alkyl halides is 2. The van der Waals surface area contributed by atoms with Crippen LogP contribution in [0.3, 0.4) is 0 Å². The number of amides is 1. The number of alkyl carbamates (subject to hydrolysis) is 1. The van der Waals surface area contributed by atoms with Crippen LogP contribution in [0.2, 0.25) is 0 Å². The fourth-order valence-corrected chi connectivity index (χ4v) is 3.39. The summed E-state index contributed by atoms with van der Waals surface area (Å²) in [5.41, 5.74) is 6.00. The number of carbonyl (C=O) groups excluding carboxylic acids is 1. The zero-order valence-corrected chi connectivity index (χ0v) is 13.2. The summed E-state index contributed by atoms with van der Waals surface area (Å²) < 4.78 is 33.9. The normalized spacial score (nSPS) is 29.0. The van der Waals surface area contributed by atoms with Crippen molar-refractivity contribution in [2.45, 2.75) is 52.2 Å². The molecule has 0 aliphatic heterocycles. The molecule has 0 heterocycles. The molecule has 0 aromatic rings. The van der Waals surface area contributed by atoms with Crippen LogP contribution in [0.1, 0.15) is 40.0 Å². The van der Waals surface area contributed by atoms with Crippen molar-refractivity contribution in [3.63, 3.8) is 0 Å². The van der Waals surface area contributed by atoms with Gasteiger partial charge in [-0.25, -0.2) is 4.79 Å². The van der Waals surface area contributed by atoms with Gasteiger partial charge in [-0.2, -0.15) is 8.78 Å². The molecule has 0 saturated heterocycles. The maximum absolute atomic E-state index is 12.8. The van der Waals surface area contributed by atoms with Crippen LogP contribution in [0.15, 0.2) is 0 Å². The SMILES string of the molecule is COC(F)(F)COC(=O)NCC1(C)CC(N)CC(C)(C)C1. The van der Waals surface area contributed by atoms with Crippen LogP contribution in [0.4, 0.5) is 13.6 Å². The van der Waals surface area contributed by atoms with Gasteiger partial charge in [0.1, 0.15) is 0 Å². The molecule has 0 spiro atoms. The van der Waals surface area contributed by atoms with E-state index in [0.717, 1.165) is 26.4 Å². The second-order valence-electron chi connectivity index (χ2n) is 7.09. The number of hydrogen-bond donors (Lipinski definition) is 2. The van der Waals surface area contributed by atoms with Crippen LogP contribution in [-0.4, -0.2) is 38.5 Å². The molecule has 1 aliphatic carbocycles. The Balaban J connectivity index is 2.44. The molecule has 1 rings (SSSR count). The highest BCUT2D eigenvalue weighted by Crippen LogP contribution is 2.45. The average Bonchev–Trinajstić information content (AvgIpc) is 2.31. The lowest BCUT2D eigenvalue weighted by molar-refractivity contribution is -0.241. The van der Waals surface area contributed by atoms with Crippen molar-refractivity contribution in [2.75, 3.05) is 20.3 Å². The lowest BCUT2D eigenvalue weighted by Gasteiger charge is -2.45. The van der Waals surface area contributed by atoms with Crippen molar-refractivity contribution in [3.8, 4) is 0 Å². The van der Waals surface area contributed by atoms with Crippen molar-refractivity contribution in [1.82, 2.24) is 5.32 Å². The van der Waals surface area contributed by atoms with Gasteiger partial charge in [-0.3, -0.25) is 0 Å². The Morgan fingerprint density at radius 1 is 1.38 bits per heavy atom. The summed E-state index contributed by atoms with van der Waals surface area (Å²) in [5, 5.41) is 2.54. The molecule has 124 valence electrons. The Labute approximate surface area is 124 Å². The number of carbonyl (C=O) groups is 1. The second-order valence-corrected chi connectivity index (χ2v) is 7.09. The number of methoxy groups -OCH3 is 1. The molecule has 3 N–H and O–H groups in total. The summed E-state index contributed by atoms with van der Waals surface area (Å²) in [5.74, 6) is 0. The van der Waals surface area contributed by atoms with Gasteiger partial charge in [-0.15, -0.1) is 0 Å². The summed E-state index contributed by atoms with van der Waals surface area (Å²) in [6.07, 6.45) is -1.71. The van der Waals surface area contributed by atoms with Gasteiger partial charge in [0.25, 0.3) is 0 Å². The minimum Gasteiger partial charge on any atom is -0.440 e. The van der Waals surface area contributed by atoms with Crippen molar-refractivity contribution < 1.29 is 23.0 Å². The molecule has 0 aromatic carbocycles. The van der Waals surface area contributed by atoms with E-state index >= 15 is 0 Å².